The zero-order chi connectivity index (χ0) is 11.1. The zero-order valence-electron chi connectivity index (χ0n) is 9.07. The van der Waals surface area contributed by atoms with Crippen molar-refractivity contribution in [2.75, 3.05) is 23.0 Å². The lowest BCUT2D eigenvalue weighted by molar-refractivity contribution is 1.19. The summed E-state index contributed by atoms with van der Waals surface area (Å²) < 4.78 is 0. The fourth-order valence-electron chi connectivity index (χ4n) is 2.09. The molecule has 0 aliphatic carbocycles. The number of nitrogens with one attached hydrogen (secondary N) is 1. The van der Waals surface area contributed by atoms with Crippen LogP contribution in [-0.4, -0.2) is 7.05 Å². The van der Waals surface area contributed by atoms with E-state index in [1.165, 1.54) is 5.69 Å². The van der Waals surface area contributed by atoms with Crippen LogP contribution < -0.4 is 16.0 Å². The first-order valence-electron chi connectivity index (χ1n) is 5.25. The average Bonchev–Trinajstić information content (AvgIpc) is 2.29. The van der Waals surface area contributed by atoms with Crippen molar-refractivity contribution < 1.29 is 0 Å². The first kappa shape index (κ1) is 9.09. The predicted octanol–water partition coefficient (Wildman–Crippen LogP) is 3.09. The molecule has 3 nitrogen and oxygen atoms in total. The van der Waals surface area contributed by atoms with Crippen molar-refractivity contribution in [2.45, 2.75) is 0 Å². The zero-order valence-corrected chi connectivity index (χ0v) is 9.07. The fourth-order valence-corrected chi connectivity index (χ4v) is 2.09. The Balaban J connectivity index is 2.18. The van der Waals surface area contributed by atoms with Gasteiger partial charge in [-0.1, -0.05) is 12.1 Å². The van der Waals surface area contributed by atoms with E-state index >= 15 is 0 Å². The Labute approximate surface area is 94.5 Å². The van der Waals surface area contributed by atoms with Gasteiger partial charge in [-0.05, 0) is 30.3 Å². The molecule has 0 bridgehead atoms. The van der Waals surface area contributed by atoms with Gasteiger partial charge in [0.1, 0.15) is 0 Å². The highest BCUT2D eigenvalue weighted by molar-refractivity contribution is 5.92. The third-order valence-electron chi connectivity index (χ3n) is 2.92. The van der Waals surface area contributed by atoms with Gasteiger partial charge in [0.25, 0.3) is 0 Å². The summed E-state index contributed by atoms with van der Waals surface area (Å²) in [6.07, 6.45) is 0. The van der Waals surface area contributed by atoms with Gasteiger partial charge in [-0.2, -0.15) is 0 Å². The lowest BCUT2D eigenvalue weighted by Crippen LogP contribution is -2.17. The van der Waals surface area contributed by atoms with Crippen molar-refractivity contribution in [1.29, 1.82) is 0 Å². The van der Waals surface area contributed by atoms with Crippen LogP contribution in [0.2, 0.25) is 0 Å². The Morgan fingerprint density at radius 2 is 1.75 bits per heavy atom. The summed E-state index contributed by atoms with van der Waals surface area (Å²) in [6.45, 7) is 0. The minimum atomic E-state index is 0.777. The van der Waals surface area contributed by atoms with Gasteiger partial charge in [-0.25, -0.2) is 0 Å². The van der Waals surface area contributed by atoms with E-state index in [4.69, 9.17) is 5.73 Å². The summed E-state index contributed by atoms with van der Waals surface area (Å²) in [5.74, 6) is 0. The minimum absolute atomic E-state index is 0.777. The van der Waals surface area contributed by atoms with Gasteiger partial charge in [0, 0.05) is 12.7 Å². The molecule has 0 atom stereocenters. The Hall–Kier alpha value is -2.16. The molecular formula is C13H13N3. The summed E-state index contributed by atoms with van der Waals surface area (Å²) >= 11 is 0. The van der Waals surface area contributed by atoms with Crippen molar-refractivity contribution >= 4 is 28.4 Å². The second-order valence-electron chi connectivity index (χ2n) is 3.98. The highest BCUT2D eigenvalue weighted by atomic mass is 15.2. The van der Waals surface area contributed by atoms with Crippen molar-refractivity contribution in [3.63, 3.8) is 0 Å². The number of hydrogen-bond acceptors (Lipinski definition) is 3. The normalized spacial score (nSPS) is 12.7. The second-order valence-corrected chi connectivity index (χ2v) is 3.98. The number of hydrogen-bond donors (Lipinski definition) is 2. The SMILES string of the molecule is CN1c2ccccc2Nc2cc(N)ccc21. The van der Waals surface area contributed by atoms with E-state index in [1.807, 2.05) is 30.3 Å². The van der Waals surface area contributed by atoms with E-state index in [1.54, 1.807) is 0 Å². The van der Waals surface area contributed by atoms with Crippen molar-refractivity contribution in [3.8, 4) is 0 Å². The van der Waals surface area contributed by atoms with E-state index < -0.39 is 0 Å². The van der Waals surface area contributed by atoms with Crippen LogP contribution in [0.15, 0.2) is 42.5 Å². The molecule has 0 aromatic heterocycles. The maximum Gasteiger partial charge on any atom is 0.0649 e. The molecule has 0 radical (unpaired) electrons. The molecule has 16 heavy (non-hydrogen) atoms. The molecule has 1 aliphatic heterocycles. The molecule has 0 saturated heterocycles. The molecule has 3 rings (SSSR count). The second kappa shape index (κ2) is 3.17. The quantitative estimate of drug-likeness (QED) is 0.658. The van der Waals surface area contributed by atoms with E-state index in [-0.39, 0.29) is 0 Å². The molecular weight excluding hydrogens is 198 g/mol. The van der Waals surface area contributed by atoms with Gasteiger partial charge in [0.15, 0.2) is 0 Å². The first-order valence-corrected chi connectivity index (χ1v) is 5.25. The first-order chi connectivity index (χ1) is 7.75. The number of nitrogen functional groups attached to an aromatic ring is 1. The summed E-state index contributed by atoms with van der Waals surface area (Å²) in [6, 6.07) is 14.1. The maximum absolute atomic E-state index is 5.79. The van der Waals surface area contributed by atoms with Crippen LogP contribution in [0.3, 0.4) is 0 Å². The number of fused-ring (bicyclic) bond motifs is 2. The fraction of sp³-hybridized carbons (Fsp3) is 0.0769. The maximum atomic E-state index is 5.79. The van der Waals surface area contributed by atoms with Crippen LogP contribution in [0.1, 0.15) is 0 Å². The number of anilines is 5. The molecule has 2 aromatic rings. The lowest BCUT2D eigenvalue weighted by atomic mass is 10.1. The van der Waals surface area contributed by atoms with Crippen molar-refractivity contribution in [2.24, 2.45) is 0 Å². The smallest absolute Gasteiger partial charge is 0.0649 e. The summed E-state index contributed by atoms with van der Waals surface area (Å²) in [7, 11) is 2.06. The Kier molecular flexibility index (Phi) is 1.80. The molecule has 1 aliphatic rings. The van der Waals surface area contributed by atoms with Gasteiger partial charge in [-0.15, -0.1) is 0 Å². The van der Waals surface area contributed by atoms with Gasteiger partial charge >= 0.3 is 0 Å². The molecule has 0 fully saturated rings. The molecule has 0 amide bonds. The summed E-state index contributed by atoms with van der Waals surface area (Å²) in [5.41, 5.74) is 11.1. The van der Waals surface area contributed by atoms with Crippen molar-refractivity contribution in [3.05, 3.63) is 42.5 Å². The minimum Gasteiger partial charge on any atom is -0.399 e. The third kappa shape index (κ3) is 1.21. The summed E-state index contributed by atoms with van der Waals surface area (Å²) in [5, 5.41) is 3.39. The van der Waals surface area contributed by atoms with Crippen LogP contribution in [-0.2, 0) is 0 Å². The molecule has 0 saturated carbocycles. The summed E-state index contributed by atoms with van der Waals surface area (Å²) in [4.78, 5) is 2.17. The lowest BCUT2D eigenvalue weighted by Gasteiger charge is -2.30. The largest absolute Gasteiger partial charge is 0.399 e. The van der Waals surface area contributed by atoms with Crippen LogP contribution in [0.25, 0.3) is 0 Å². The number of nitrogens with zero attached hydrogens (tertiary/aromatic N) is 1. The molecule has 80 valence electrons. The number of nitrogens with two attached hydrogens (primary N) is 1. The van der Waals surface area contributed by atoms with E-state index in [2.05, 4.69) is 29.4 Å². The number of rotatable bonds is 0. The van der Waals surface area contributed by atoms with Crippen molar-refractivity contribution in [1.82, 2.24) is 0 Å². The molecule has 1 heterocycles. The molecule has 0 spiro atoms. The van der Waals surface area contributed by atoms with Crippen LogP contribution in [0.4, 0.5) is 28.4 Å². The molecule has 2 aromatic carbocycles. The monoisotopic (exact) mass is 211 g/mol. The van der Waals surface area contributed by atoms with Gasteiger partial charge in [0.2, 0.25) is 0 Å². The Morgan fingerprint density at radius 1 is 1.00 bits per heavy atom. The average molecular weight is 211 g/mol. The third-order valence-corrected chi connectivity index (χ3v) is 2.92. The van der Waals surface area contributed by atoms with Gasteiger partial charge < -0.3 is 16.0 Å². The Morgan fingerprint density at radius 3 is 2.62 bits per heavy atom. The molecule has 3 heteroatoms. The van der Waals surface area contributed by atoms with E-state index in [0.29, 0.717) is 0 Å². The number of benzene rings is 2. The molecule has 0 unspecified atom stereocenters. The predicted molar refractivity (Wildman–Crippen MR) is 68.6 cm³/mol. The highest BCUT2D eigenvalue weighted by Gasteiger charge is 2.18. The Bertz CT molecular complexity index is 549. The number of para-hydroxylation sites is 2. The highest BCUT2D eigenvalue weighted by Crippen LogP contribution is 2.42. The topological polar surface area (TPSA) is 41.3 Å². The standard InChI is InChI=1S/C13H13N3/c1-16-12-5-3-2-4-10(12)15-11-8-9(14)6-7-13(11)16/h2-8,15H,14H2,1H3. The van der Waals surface area contributed by atoms with E-state index in [0.717, 1.165) is 22.7 Å². The van der Waals surface area contributed by atoms with Crippen LogP contribution >= 0.6 is 0 Å². The van der Waals surface area contributed by atoms with Crippen LogP contribution in [0.5, 0.6) is 0 Å². The van der Waals surface area contributed by atoms with Crippen LogP contribution in [0, 0.1) is 0 Å². The van der Waals surface area contributed by atoms with Gasteiger partial charge in [0.05, 0.1) is 22.7 Å². The van der Waals surface area contributed by atoms with Gasteiger partial charge in [-0.3, -0.25) is 0 Å². The van der Waals surface area contributed by atoms with E-state index in [9.17, 15) is 0 Å². The molecule has 3 N–H and O–H groups in total.